The van der Waals surface area contributed by atoms with Crippen LogP contribution < -0.4 is 4.57 Å². The molecule has 0 radical (unpaired) electrons. The van der Waals surface area contributed by atoms with Gasteiger partial charge in [0.15, 0.2) is 6.20 Å². The summed E-state index contributed by atoms with van der Waals surface area (Å²) < 4.78 is 1.20. The number of benzene rings is 1. The van der Waals surface area contributed by atoms with Gasteiger partial charge in [0.05, 0.1) is 0 Å². The number of carbonyl (C=O) groups is 1. The molecule has 2 rings (SSSR count). The summed E-state index contributed by atoms with van der Waals surface area (Å²) in [5.41, 5.74) is 0.706. The Morgan fingerprint density at radius 2 is 1.85 bits per heavy atom. The number of carboxylic acid groups (broad SMARTS) is 1. The zero-order valence-electron chi connectivity index (χ0n) is 6.84. The van der Waals surface area contributed by atoms with Crippen LogP contribution in [0.4, 0.5) is 4.79 Å². The predicted molar refractivity (Wildman–Crippen MR) is 47.6 cm³/mol. The van der Waals surface area contributed by atoms with Crippen LogP contribution in [-0.4, -0.2) is 11.2 Å². The fraction of sp³-hybridized carbons (Fsp3) is 0. The molecular formula is C10H8NO2+. The van der Waals surface area contributed by atoms with Crippen LogP contribution in [0.2, 0.25) is 0 Å². The number of pyridine rings is 1. The third-order valence-electron chi connectivity index (χ3n) is 1.91. The summed E-state index contributed by atoms with van der Waals surface area (Å²) in [4.78, 5) is 10.8. The van der Waals surface area contributed by atoms with E-state index in [1.807, 2.05) is 24.3 Å². The first kappa shape index (κ1) is 7.73. The van der Waals surface area contributed by atoms with Crippen LogP contribution in [0.3, 0.4) is 0 Å². The lowest BCUT2D eigenvalue weighted by Gasteiger charge is -1.93. The van der Waals surface area contributed by atoms with E-state index in [0.717, 1.165) is 5.39 Å². The van der Waals surface area contributed by atoms with Crippen LogP contribution in [-0.2, 0) is 0 Å². The van der Waals surface area contributed by atoms with Crippen molar-refractivity contribution >= 4 is 17.0 Å². The third-order valence-corrected chi connectivity index (χ3v) is 1.91. The largest absolute Gasteiger partial charge is 0.599 e. The molecule has 64 valence electrons. The molecule has 0 aliphatic carbocycles. The van der Waals surface area contributed by atoms with Gasteiger partial charge in [0.2, 0.25) is 5.52 Å². The maximum absolute atomic E-state index is 10.8. The molecule has 0 fully saturated rings. The molecule has 13 heavy (non-hydrogen) atoms. The van der Waals surface area contributed by atoms with Gasteiger partial charge in [0, 0.05) is 17.5 Å². The minimum absolute atomic E-state index is 0.706. The first-order chi connectivity index (χ1) is 6.29. The average molecular weight is 174 g/mol. The normalized spacial score (nSPS) is 10.2. The molecule has 0 spiro atoms. The number of hydrogen-bond donors (Lipinski definition) is 1. The van der Waals surface area contributed by atoms with Crippen LogP contribution in [0, 0.1) is 0 Å². The van der Waals surface area contributed by atoms with Crippen molar-refractivity contribution in [2.45, 2.75) is 0 Å². The van der Waals surface area contributed by atoms with Crippen molar-refractivity contribution in [1.29, 1.82) is 0 Å². The first-order valence-corrected chi connectivity index (χ1v) is 3.92. The van der Waals surface area contributed by atoms with E-state index in [2.05, 4.69) is 0 Å². The molecule has 3 nitrogen and oxygen atoms in total. The Bertz CT molecular complexity index is 460. The van der Waals surface area contributed by atoms with Crippen LogP contribution >= 0.6 is 0 Å². The van der Waals surface area contributed by atoms with Crippen molar-refractivity contribution in [3.63, 3.8) is 0 Å². The number of hydrogen-bond acceptors (Lipinski definition) is 1. The maximum Gasteiger partial charge on any atom is 0.599 e. The highest BCUT2D eigenvalue weighted by Gasteiger charge is 2.14. The summed E-state index contributed by atoms with van der Waals surface area (Å²) in [7, 11) is 0. The Morgan fingerprint density at radius 3 is 2.62 bits per heavy atom. The predicted octanol–water partition coefficient (Wildman–Crippen LogP) is 1.65. The average Bonchev–Trinajstić information content (AvgIpc) is 2.17. The molecule has 1 aromatic carbocycles. The van der Waals surface area contributed by atoms with E-state index in [4.69, 9.17) is 5.11 Å². The Kier molecular flexibility index (Phi) is 1.70. The van der Waals surface area contributed by atoms with Crippen LogP contribution in [0.1, 0.15) is 0 Å². The molecule has 0 unspecified atom stereocenters. The molecule has 0 aliphatic rings. The van der Waals surface area contributed by atoms with Crippen molar-refractivity contribution in [3.8, 4) is 0 Å². The number of rotatable bonds is 0. The number of aromatic nitrogens is 1. The van der Waals surface area contributed by atoms with Gasteiger partial charge in [-0.2, -0.15) is 4.79 Å². The van der Waals surface area contributed by atoms with Crippen LogP contribution in [0.5, 0.6) is 0 Å². The lowest BCUT2D eigenvalue weighted by atomic mass is 10.2. The third kappa shape index (κ3) is 1.24. The Labute approximate surface area is 74.9 Å². The lowest BCUT2D eigenvalue weighted by molar-refractivity contribution is -0.556. The van der Waals surface area contributed by atoms with E-state index in [1.165, 1.54) is 10.8 Å². The molecule has 3 heteroatoms. The molecule has 1 N–H and O–H groups in total. The van der Waals surface area contributed by atoms with Crippen molar-refractivity contribution in [2.24, 2.45) is 0 Å². The standard InChI is InChI=1S/C10H7NO2/c12-10(13)11-7-3-5-8-4-1-2-6-9(8)11/h1-7H/p+1. The summed E-state index contributed by atoms with van der Waals surface area (Å²) in [6, 6.07) is 11.0. The van der Waals surface area contributed by atoms with Gasteiger partial charge in [-0.25, -0.2) is 0 Å². The van der Waals surface area contributed by atoms with Gasteiger partial charge in [-0.05, 0) is 12.1 Å². The summed E-state index contributed by atoms with van der Waals surface area (Å²) in [6.45, 7) is 0. The Hall–Kier alpha value is -1.90. The monoisotopic (exact) mass is 174 g/mol. The molecule has 0 aliphatic heterocycles. The molecule has 1 aromatic heterocycles. The molecule has 1 heterocycles. The molecule has 2 aromatic rings. The zero-order valence-corrected chi connectivity index (χ0v) is 6.84. The molecule has 0 atom stereocenters. The van der Waals surface area contributed by atoms with Crippen molar-refractivity contribution in [2.75, 3.05) is 0 Å². The van der Waals surface area contributed by atoms with Crippen molar-refractivity contribution in [1.82, 2.24) is 0 Å². The van der Waals surface area contributed by atoms with E-state index < -0.39 is 6.09 Å². The highest BCUT2D eigenvalue weighted by molar-refractivity contribution is 5.77. The highest BCUT2D eigenvalue weighted by Crippen LogP contribution is 2.07. The van der Waals surface area contributed by atoms with Gasteiger partial charge in [-0.15, -0.1) is 0 Å². The molecular weight excluding hydrogens is 166 g/mol. The molecule has 0 saturated carbocycles. The second kappa shape index (κ2) is 2.86. The Morgan fingerprint density at radius 1 is 1.15 bits per heavy atom. The van der Waals surface area contributed by atoms with Crippen molar-refractivity contribution in [3.05, 3.63) is 42.6 Å². The van der Waals surface area contributed by atoms with Crippen molar-refractivity contribution < 1.29 is 14.5 Å². The van der Waals surface area contributed by atoms with Gasteiger partial charge in [-0.3, -0.25) is 0 Å². The van der Waals surface area contributed by atoms with Crippen LogP contribution in [0.15, 0.2) is 42.6 Å². The van der Waals surface area contributed by atoms with Gasteiger partial charge in [-0.1, -0.05) is 16.7 Å². The second-order valence-electron chi connectivity index (χ2n) is 2.72. The topological polar surface area (TPSA) is 41.2 Å². The van der Waals surface area contributed by atoms with Gasteiger partial charge < -0.3 is 5.11 Å². The quantitative estimate of drug-likeness (QED) is 0.617. The number of fused-ring (bicyclic) bond motifs is 1. The minimum Gasteiger partial charge on any atom is -0.427 e. The fourth-order valence-corrected chi connectivity index (χ4v) is 1.33. The van der Waals surface area contributed by atoms with E-state index in [9.17, 15) is 4.79 Å². The van der Waals surface area contributed by atoms with E-state index >= 15 is 0 Å². The number of nitrogens with zero attached hydrogens (tertiary/aromatic N) is 1. The zero-order chi connectivity index (χ0) is 9.26. The SMILES string of the molecule is O=C(O)[n+]1cccc2ccccc21. The first-order valence-electron chi connectivity index (χ1n) is 3.92. The second-order valence-corrected chi connectivity index (χ2v) is 2.72. The van der Waals surface area contributed by atoms with E-state index in [1.54, 1.807) is 12.1 Å². The smallest absolute Gasteiger partial charge is 0.427 e. The minimum atomic E-state index is -0.961. The summed E-state index contributed by atoms with van der Waals surface area (Å²) >= 11 is 0. The van der Waals surface area contributed by atoms with Gasteiger partial charge >= 0.3 is 6.09 Å². The summed E-state index contributed by atoms with van der Waals surface area (Å²) in [6.07, 6.45) is 0.571. The summed E-state index contributed by atoms with van der Waals surface area (Å²) in [5, 5.41) is 9.77. The van der Waals surface area contributed by atoms with E-state index in [-0.39, 0.29) is 0 Å². The fourth-order valence-electron chi connectivity index (χ4n) is 1.33. The van der Waals surface area contributed by atoms with Gasteiger partial charge in [0.1, 0.15) is 0 Å². The lowest BCUT2D eigenvalue weighted by Crippen LogP contribution is -2.41. The molecule has 0 bridgehead atoms. The maximum atomic E-state index is 10.8. The number of para-hydroxylation sites is 1. The molecule has 0 amide bonds. The highest BCUT2D eigenvalue weighted by atomic mass is 16.4. The van der Waals surface area contributed by atoms with Gasteiger partial charge in [0.25, 0.3) is 0 Å². The van der Waals surface area contributed by atoms with Crippen LogP contribution in [0.25, 0.3) is 10.9 Å². The van der Waals surface area contributed by atoms with E-state index in [0.29, 0.717) is 5.52 Å². The Balaban J connectivity index is 2.83. The molecule has 0 saturated heterocycles. The summed E-state index contributed by atoms with van der Waals surface area (Å²) in [5.74, 6) is 0.